The highest BCUT2D eigenvalue weighted by Crippen LogP contribution is 2.06. The Kier molecular flexibility index (Phi) is 4.48. The Morgan fingerprint density at radius 3 is 2.87 bits per heavy atom. The largest absolute Gasteiger partial charge is 0.369 e. The van der Waals surface area contributed by atoms with Gasteiger partial charge in [-0.15, -0.1) is 0 Å². The van der Waals surface area contributed by atoms with Crippen LogP contribution in [0, 0.1) is 6.92 Å². The summed E-state index contributed by atoms with van der Waals surface area (Å²) < 4.78 is 11.1. The molecule has 84 valence electrons. The van der Waals surface area contributed by atoms with Crippen LogP contribution in [0.25, 0.3) is 0 Å². The van der Waals surface area contributed by atoms with Crippen molar-refractivity contribution >= 4 is 22.6 Å². The van der Waals surface area contributed by atoms with Gasteiger partial charge in [0.25, 0.3) is 0 Å². The van der Waals surface area contributed by atoms with E-state index in [1.165, 1.54) is 0 Å². The minimum atomic E-state index is -0.748. The fourth-order valence-electron chi connectivity index (χ4n) is 1.12. The molecule has 0 fully saturated rings. The van der Waals surface area contributed by atoms with Crippen molar-refractivity contribution in [2.24, 2.45) is 0 Å². The van der Waals surface area contributed by atoms with E-state index in [4.69, 9.17) is 5.73 Å². The number of hydrogen-bond donors (Lipinski definition) is 2. The summed E-state index contributed by atoms with van der Waals surface area (Å²) in [6.45, 7) is 4.40. The van der Waals surface area contributed by atoms with Gasteiger partial charge in [0.1, 0.15) is 5.82 Å². The summed E-state index contributed by atoms with van der Waals surface area (Å²) in [5, 5.41) is 3.07. The normalized spacial score (nSPS) is 12.4. The van der Waals surface area contributed by atoms with E-state index in [0.29, 0.717) is 23.9 Å². The van der Waals surface area contributed by atoms with Crippen molar-refractivity contribution in [3.8, 4) is 0 Å². The lowest BCUT2D eigenvalue weighted by molar-refractivity contribution is 0.684. The molecule has 0 amide bonds. The van der Waals surface area contributed by atoms with E-state index in [0.717, 1.165) is 5.69 Å². The maximum absolute atomic E-state index is 11.1. The van der Waals surface area contributed by atoms with E-state index in [1.807, 2.05) is 19.9 Å². The van der Waals surface area contributed by atoms with Crippen LogP contribution >= 0.6 is 0 Å². The molecule has 1 unspecified atom stereocenters. The lowest BCUT2D eigenvalue weighted by Crippen LogP contribution is -2.13. The SMILES string of the molecule is CCS(=O)CCNc1cc(C)nc(N)n1. The lowest BCUT2D eigenvalue weighted by atomic mass is 10.4. The molecule has 0 saturated heterocycles. The maximum Gasteiger partial charge on any atom is 0.222 e. The number of nitrogen functional groups attached to an aromatic ring is 1. The van der Waals surface area contributed by atoms with Gasteiger partial charge < -0.3 is 11.1 Å². The smallest absolute Gasteiger partial charge is 0.222 e. The average molecular weight is 228 g/mol. The zero-order valence-corrected chi connectivity index (χ0v) is 9.80. The minimum Gasteiger partial charge on any atom is -0.369 e. The van der Waals surface area contributed by atoms with Crippen molar-refractivity contribution < 1.29 is 4.21 Å². The van der Waals surface area contributed by atoms with Crippen LogP contribution in [-0.2, 0) is 10.8 Å². The summed E-state index contributed by atoms with van der Waals surface area (Å²) in [4.78, 5) is 7.97. The van der Waals surface area contributed by atoms with Gasteiger partial charge in [-0.05, 0) is 6.92 Å². The van der Waals surface area contributed by atoms with E-state index in [2.05, 4.69) is 15.3 Å². The van der Waals surface area contributed by atoms with E-state index in [-0.39, 0.29) is 5.95 Å². The molecular weight excluding hydrogens is 212 g/mol. The molecular formula is C9H16N4OS. The van der Waals surface area contributed by atoms with Gasteiger partial charge in [0.05, 0.1) is 0 Å². The Balaban J connectivity index is 2.47. The van der Waals surface area contributed by atoms with Crippen molar-refractivity contribution in [2.45, 2.75) is 13.8 Å². The quantitative estimate of drug-likeness (QED) is 0.769. The summed E-state index contributed by atoms with van der Waals surface area (Å²) in [5.41, 5.74) is 6.32. The molecule has 15 heavy (non-hydrogen) atoms. The summed E-state index contributed by atoms with van der Waals surface area (Å²) in [5.74, 6) is 2.26. The fraction of sp³-hybridized carbons (Fsp3) is 0.556. The first-order valence-corrected chi connectivity index (χ1v) is 6.30. The summed E-state index contributed by atoms with van der Waals surface area (Å²) in [6.07, 6.45) is 0. The van der Waals surface area contributed by atoms with Crippen LogP contribution in [0.5, 0.6) is 0 Å². The van der Waals surface area contributed by atoms with Gasteiger partial charge in [-0.1, -0.05) is 6.92 Å². The molecule has 0 aliphatic rings. The topological polar surface area (TPSA) is 80.9 Å². The lowest BCUT2D eigenvalue weighted by Gasteiger charge is -2.06. The van der Waals surface area contributed by atoms with Crippen LogP contribution < -0.4 is 11.1 Å². The second-order valence-corrected chi connectivity index (χ2v) is 4.98. The second-order valence-electron chi connectivity index (χ2n) is 3.11. The zero-order chi connectivity index (χ0) is 11.3. The zero-order valence-electron chi connectivity index (χ0n) is 8.99. The third-order valence-corrected chi connectivity index (χ3v) is 3.13. The summed E-state index contributed by atoms with van der Waals surface area (Å²) in [6, 6.07) is 1.81. The first kappa shape index (κ1) is 11.9. The molecule has 1 rings (SSSR count). The predicted molar refractivity (Wildman–Crippen MR) is 63.2 cm³/mol. The molecule has 1 aromatic rings. The number of rotatable bonds is 5. The van der Waals surface area contributed by atoms with E-state index < -0.39 is 10.8 Å². The summed E-state index contributed by atoms with van der Waals surface area (Å²) >= 11 is 0. The van der Waals surface area contributed by atoms with Gasteiger partial charge in [-0.25, -0.2) is 4.98 Å². The van der Waals surface area contributed by atoms with Crippen LogP contribution in [0.4, 0.5) is 11.8 Å². The Morgan fingerprint density at radius 2 is 2.27 bits per heavy atom. The van der Waals surface area contributed by atoms with Gasteiger partial charge in [-0.2, -0.15) is 4.98 Å². The van der Waals surface area contributed by atoms with Gasteiger partial charge in [0.15, 0.2) is 0 Å². The van der Waals surface area contributed by atoms with Crippen molar-refractivity contribution in [1.82, 2.24) is 9.97 Å². The number of nitrogens with zero attached hydrogens (tertiary/aromatic N) is 2. The molecule has 1 atom stereocenters. The number of aryl methyl sites for hydroxylation is 1. The predicted octanol–water partition coefficient (Wildman–Crippen LogP) is 0.548. The van der Waals surface area contributed by atoms with Crippen LogP contribution in [0.15, 0.2) is 6.07 Å². The van der Waals surface area contributed by atoms with Crippen LogP contribution in [0.2, 0.25) is 0 Å². The van der Waals surface area contributed by atoms with Gasteiger partial charge in [0.2, 0.25) is 5.95 Å². The Labute approximate surface area is 92.0 Å². The fourth-order valence-corrected chi connectivity index (χ4v) is 1.74. The van der Waals surface area contributed by atoms with Crippen LogP contribution in [0.3, 0.4) is 0 Å². The Hall–Kier alpha value is -1.17. The first-order chi connectivity index (χ1) is 7.11. The Bertz CT molecular complexity index is 336. The van der Waals surface area contributed by atoms with E-state index >= 15 is 0 Å². The minimum absolute atomic E-state index is 0.258. The molecule has 0 aromatic carbocycles. The molecule has 0 aliphatic heterocycles. The van der Waals surface area contributed by atoms with Crippen LogP contribution in [0.1, 0.15) is 12.6 Å². The van der Waals surface area contributed by atoms with E-state index in [9.17, 15) is 4.21 Å². The molecule has 1 aromatic heterocycles. The molecule has 6 heteroatoms. The molecule has 3 N–H and O–H groups in total. The molecule has 0 bridgehead atoms. The number of nitrogens with one attached hydrogen (secondary N) is 1. The van der Waals surface area contributed by atoms with E-state index in [1.54, 1.807) is 0 Å². The third-order valence-electron chi connectivity index (χ3n) is 1.83. The highest BCUT2D eigenvalue weighted by atomic mass is 32.2. The molecule has 0 aliphatic carbocycles. The molecule has 5 nitrogen and oxygen atoms in total. The third kappa shape index (κ3) is 4.24. The number of anilines is 2. The van der Waals surface area contributed by atoms with Gasteiger partial charge >= 0.3 is 0 Å². The van der Waals surface area contributed by atoms with Crippen molar-refractivity contribution in [3.63, 3.8) is 0 Å². The van der Waals surface area contributed by atoms with Gasteiger partial charge in [0, 0.05) is 40.6 Å². The monoisotopic (exact) mass is 228 g/mol. The molecule has 0 saturated carbocycles. The number of aromatic nitrogens is 2. The van der Waals surface area contributed by atoms with Crippen molar-refractivity contribution in [2.75, 3.05) is 29.1 Å². The Morgan fingerprint density at radius 1 is 1.53 bits per heavy atom. The average Bonchev–Trinajstić information content (AvgIpc) is 2.16. The summed E-state index contributed by atoms with van der Waals surface area (Å²) in [7, 11) is -0.748. The van der Waals surface area contributed by atoms with Crippen LogP contribution in [-0.4, -0.2) is 32.2 Å². The highest BCUT2D eigenvalue weighted by molar-refractivity contribution is 7.84. The highest BCUT2D eigenvalue weighted by Gasteiger charge is 1.99. The molecule has 0 radical (unpaired) electrons. The van der Waals surface area contributed by atoms with Crippen molar-refractivity contribution in [1.29, 1.82) is 0 Å². The van der Waals surface area contributed by atoms with Crippen molar-refractivity contribution in [3.05, 3.63) is 11.8 Å². The number of hydrogen-bond acceptors (Lipinski definition) is 5. The molecule has 1 heterocycles. The molecule has 0 spiro atoms. The second kappa shape index (κ2) is 5.65. The van der Waals surface area contributed by atoms with Gasteiger partial charge in [-0.3, -0.25) is 4.21 Å². The standard InChI is InChI=1S/C9H16N4OS/c1-3-15(14)5-4-11-8-6-7(2)12-9(10)13-8/h6H,3-5H2,1-2H3,(H3,10,11,12,13). The maximum atomic E-state index is 11.1. The number of nitrogens with two attached hydrogens (primary N) is 1. The first-order valence-electron chi connectivity index (χ1n) is 4.82.